The molecule has 0 saturated carbocycles. The molecule has 0 radical (unpaired) electrons. The van der Waals surface area contributed by atoms with Crippen LogP contribution in [0.15, 0.2) is 42.5 Å². The minimum absolute atomic E-state index is 0.173. The Morgan fingerprint density at radius 3 is 2.81 bits per heavy atom. The summed E-state index contributed by atoms with van der Waals surface area (Å²) < 4.78 is 5.77. The van der Waals surface area contributed by atoms with Crippen LogP contribution in [0.2, 0.25) is 0 Å². The van der Waals surface area contributed by atoms with Crippen LogP contribution in [0.5, 0.6) is 11.5 Å². The van der Waals surface area contributed by atoms with Gasteiger partial charge in [0, 0.05) is 12.6 Å². The zero-order valence-electron chi connectivity index (χ0n) is 11.6. The molecule has 0 aromatic heterocycles. The second kappa shape index (κ2) is 6.44. The molecule has 5 nitrogen and oxygen atoms in total. The fourth-order valence-electron chi connectivity index (χ4n) is 1.86. The number of para-hydroxylation sites is 2. The number of nitrogens with two attached hydrogens (primary N) is 1. The first-order valence-electron chi connectivity index (χ1n) is 6.40. The third-order valence-corrected chi connectivity index (χ3v) is 2.81. The summed E-state index contributed by atoms with van der Waals surface area (Å²) in [6.07, 6.45) is 0.219. The number of nitriles is 1. The van der Waals surface area contributed by atoms with Gasteiger partial charge in [-0.05, 0) is 35.9 Å². The zero-order valence-corrected chi connectivity index (χ0v) is 11.6. The number of rotatable bonds is 4. The molecule has 0 bridgehead atoms. The fraction of sp³-hybridized carbons (Fsp3) is 0.125. The quantitative estimate of drug-likeness (QED) is 0.843. The first-order chi connectivity index (χ1) is 10.1. The molecule has 0 fully saturated rings. The molecule has 2 aromatic rings. The van der Waals surface area contributed by atoms with E-state index in [1.165, 1.54) is 6.92 Å². The maximum atomic E-state index is 11.2. The van der Waals surface area contributed by atoms with Gasteiger partial charge in [0.25, 0.3) is 0 Å². The Morgan fingerprint density at radius 2 is 2.10 bits per heavy atom. The average Bonchev–Trinajstić information content (AvgIpc) is 2.44. The molecule has 2 rings (SSSR count). The molecule has 0 unspecified atom stereocenters. The monoisotopic (exact) mass is 281 g/mol. The molecular formula is C16H15N3O2. The Hall–Kier alpha value is -3.00. The van der Waals surface area contributed by atoms with Gasteiger partial charge in [0.2, 0.25) is 5.91 Å². The molecule has 0 aliphatic carbocycles. The predicted molar refractivity (Wildman–Crippen MR) is 81.0 cm³/mol. The number of hydrogen-bond acceptors (Lipinski definition) is 4. The molecule has 0 aliphatic heterocycles. The lowest BCUT2D eigenvalue weighted by Crippen LogP contribution is -2.06. The molecule has 0 atom stereocenters. The minimum atomic E-state index is -0.173. The molecule has 1 amide bonds. The Balaban J connectivity index is 2.28. The number of anilines is 2. The van der Waals surface area contributed by atoms with Crippen molar-refractivity contribution >= 4 is 17.3 Å². The summed E-state index contributed by atoms with van der Waals surface area (Å²) in [5.74, 6) is 0.918. The number of amides is 1. The van der Waals surface area contributed by atoms with E-state index < -0.39 is 0 Å². The topological polar surface area (TPSA) is 88.1 Å². The molecular weight excluding hydrogens is 266 g/mol. The van der Waals surface area contributed by atoms with E-state index in [-0.39, 0.29) is 12.3 Å². The van der Waals surface area contributed by atoms with Crippen LogP contribution in [-0.4, -0.2) is 5.91 Å². The van der Waals surface area contributed by atoms with Crippen molar-refractivity contribution in [3.8, 4) is 17.6 Å². The van der Waals surface area contributed by atoms with Crippen molar-refractivity contribution in [1.29, 1.82) is 5.26 Å². The van der Waals surface area contributed by atoms with Gasteiger partial charge in [-0.1, -0.05) is 12.1 Å². The zero-order chi connectivity index (χ0) is 15.2. The summed E-state index contributed by atoms with van der Waals surface area (Å²) >= 11 is 0. The van der Waals surface area contributed by atoms with Crippen molar-refractivity contribution in [2.75, 3.05) is 11.1 Å². The van der Waals surface area contributed by atoms with Crippen LogP contribution in [0, 0.1) is 11.3 Å². The second-order valence-electron chi connectivity index (χ2n) is 4.47. The average molecular weight is 281 g/mol. The number of carbonyl (C=O) groups is 1. The van der Waals surface area contributed by atoms with E-state index in [0.29, 0.717) is 28.4 Å². The Bertz CT molecular complexity index is 705. The number of benzene rings is 2. The predicted octanol–water partition coefficient (Wildman–Crippen LogP) is 3.09. The maximum absolute atomic E-state index is 11.2. The van der Waals surface area contributed by atoms with Gasteiger partial charge in [-0.2, -0.15) is 5.26 Å². The summed E-state index contributed by atoms with van der Waals surface area (Å²) in [4.78, 5) is 11.2. The SMILES string of the molecule is CC(=O)Nc1ccccc1Oc1ccc(N)c(CC#N)c1. The van der Waals surface area contributed by atoms with E-state index in [2.05, 4.69) is 11.4 Å². The Kier molecular flexibility index (Phi) is 4.42. The number of hydrogen-bond donors (Lipinski definition) is 2. The lowest BCUT2D eigenvalue weighted by Gasteiger charge is -2.12. The summed E-state index contributed by atoms with van der Waals surface area (Å²) in [5, 5.41) is 11.5. The highest BCUT2D eigenvalue weighted by Crippen LogP contribution is 2.30. The molecule has 5 heteroatoms. The van der Waals surface area contributed by atoms with E-state index >= 15 is 0 Å². The minimum Gasteiger partial charge on any atom is -0.455 e. The molecule has 0 spiro atoms. The lowest BCUT2D eigenvalue weighted by molar-refractivity contribution is -0.114. The second-order valence-corrected chi connectivity index (χ2v) is 4.47. The smallest absolute Gasteiger partial charge is 0.221 e. The van der Waals surface area contributed by atoms with Gasteiger partial charge in [-0.3, -0.25) is 4.79 Å². The van der Waals surface area contributed by atoms with Gasteiger partial charge in [-0.25, -0.2) is 0 Å². The molecule has 106 valence electrons. The van der Waals surface area contributed by atoms with Crippen LogP contribution in [-0.2, 0) is 11.2 Å². The van der Waals surface area contributed by atoms with Crippen molar-refractivity contribution in [3.63, 3.8) is 0 Å². The highest BCUT2D eigenvalue weighted by atomic mass is 16.5. The third-order valence-electron chi connectivity index (χ3n) is 2.81. The van der Waals surface area contributed by atoms with E-state index in [0.717, 1.165) is 0 Å². The van der Waals surface area contributed by atoms with Crippen molar-refractivity contribution in [1.82, 2.24) is 0 Å². The number of carbonyl (C=O) groups excluding carboxylic acids is 1. The van der Waals surface area contributed by atoms with Gasteiger partial charge in [-0.15, -0.1) is 0 Å². The van der Waals surface area contributed by atoms with Gasteiger partial charge in [0.15, 0.2) is 5.75 Å². The maximum Gasteiger partial charge on any atom is 0.221 e. The van der Waals surface area contributed by atoms with Crippen LogP contribution >= 0.6 is 0 Å². The third kappa shape index (κ3) is 3.74. The van der Waals surface area contributed by atoms with Crippen molar-refractivity contribution < 1.29 is 9.53 Å². The van der Waals surface area contributed by atoms with E-state index in [1.807, 2.05) is 12.1 Å². The lowest BCUT2D eigenvalue weighted by atomic mass is 10.1. The largest absolute Gasteiger partial charge is 0.455 e. The van der Waals surface area contributed by atoms with Gasteiger partial charge in [0.1, 0.15) is 5.75 Å². The van der Waals surface area contributed by atoms with Crippen LogP contribution in [0.25, 0.3) is 0 Å². The van der Waals surface area contributed by atoms with Crippen molar-refractivity contribution in [3.05, 3.63) is 48.0 Å². The number of nitrogen functional groups attached to an aromatic ring is 1. The van der Waals surface area contributed by atoms with Crippen LogP contribution in [0.4, 0.5) is 11.4 Å². The van der Waals surface area contributed by atoms with Crippen LogP contribution in [0.3, 0.4) is 0 Å². The number of nitrogens with zero attached hydrogens (tertiary/aromatic N) is 1. The molecule has 0 heterocycles. The first-order valence-corrected chi connectivity index (χ1v) is 6.40. The van der Waals surface area contributed by atoms with Gasteiger partial charge in [0.05, 0.1) is 18.2 Å². The van der Waals surface area contributed by atoms with Crippen molar-refractivity contribution in [2.45, 2.75) is 13.3 Å². The molecule has 3 N–H and O–H groups in total. The first kappa shape index (κ1) is 14.4. The van der Waals surface area contributed by atoms with Gasteiger partial charge < -0.3 is 15.8 Å². The highest BCUT2D eigenvalue weighted by molar-refractivity contribution is 5.90. The Morgan fingerprint density at radius 1 is 1.33 bits per heavy atom. The van der Waals surface area contributed by atoms with E-state index in [9.17, 15) is 4.79 Å². The molecule has 0 saturated heterocycles. The molecule has 0 aliphatic rings. The Labute approximate surface area is 123 Å². The van der Waals surface area contributed by atoms with Crippen LogP contribution in [0.1, 0.15) is 12.5 Å². The van der Waals surface area contributed by atoms with Gasteiger partial charge >= 0.3 is 0 Å². The highest BCUT2D eigenvalue weighted by Gasteiger charge is 2.07. The normalized spacial score (nSPS) is 9.71. The summed E-state index contributed by atoms with van der Waals surface area (Å²) in [6.45, 7) is 1.44. The van der Waals surface area contributed by atoms with E-state index in [4.69, 9.17) is 15.7 Å². The summed E-state index contributed by atoms with van der Waals surface area (Å²) in [6, 6.07) is 14.3. The summed E-state index contributed by atoms with van der Waals surface area (Å²) in [5.41, 5.74) is 7.66. The number of ether oxygens (including phenoxy) is 1. The van der Waals surface area contributed by atoms with E-state index in [1.54, 1.807) is 30.3 Å². The molecule has 21 heavy (non-hydrogen) atoms. The fourth-order valence-corrected chi connectivity index (χ4v) is 1.86. The van der Waals surface area contributed by atoms with Crippen molar-refractivity contribution in [2.24, 2.45) is 0 Å². The standard InChI is InChI=1S/C16H15N3O2/c1-11(20)19-15-4-2-3-5-16(15)21-13-6-7-14(18)12(10-13)8-9-17/h2-7,10H,8,18H2,1H3,(H,19,20). The van der Waals surface area contributed by atoms with Crippen LogP contribution < -0.4 is 15.8 Å². The molecule has 2 aromatic carbocycles. The summed E-state index contributed by atoms with van der Waals surface area (Å²) in [7, 11) is 0. The number of nitrogens with one attached hydrogen (secondary N) is 1.